The van der Waals surface area contributed by atoms with Crippen LogP contribution in [-0.2, 0) is 10.5 Å². The van der Waals surface area contributed by atoms with Crippen molar-refractivity contribution in [2.75, 3.05) is 5.32 Å². The van der Waals surface area contributed by atoms with Gasteiger partial charge in [-0.2, -0.15) is 0 Å². The molecule has 5 nitrogen and oxygen atoms in total. The molecule has 2 aromatic carbocycles. The van der Waals surface area contributed by atoms with Gasteiger partial charge >= 0.3 is 0 Å². The minimum atomic E-state index is -0.761. The molecular formula is C25H22FN3O2S. The van der Waals surface area contributed by atoms with E-state index in [1.165, 1.54) is 23.4 Å². The standard InChI is InChI=1S/C25H22FN3O2S/c1-14-9-11-15(12-10-14)13-32-25-28-23-22(24(31)29-25)20(16-5-2-3-6-17(16)26)21-18(27-23)7-4-8-19(21)30/h2-3,5-6,9-12,20H,4,7-8,13H2,1H3,(H2,27,28,29,31). The highest BCUT2D eigenvalue weighted by atomic mass is 32.2. The minimum absolute atomic E-state index is 0.0464. The van der Waals surface area contributed by atoms with Crippen LogP contribution in [0.2, 0.25) is 0 Å². The summed E-state index contributed by atoms with van der Waals surface area (Å²) in [6.45, 7) is 2.04. The number of allylic oxidation sites excluding steroid dienone is 2. The van der Waals surface area contributed by atoms with E-state index >= 15 is 0 Å². The highest BCUT2D eigenvalue weighted by Crippen LogP contribution is 2.44. The summed E-state index contributed by atoms with van der Waals surface area (Å²) >= 11 is 1.43. The van der Waals surface area contributed by atoms with Crippen LogP contribution in [0.4, 0.5) is 10.2 Å². The molecule has 0 amide bonds. The number of benzene rings is 2. The van der Waals surface area contributed by atoms with E-state index in [-0.39, 0.29) is 11.3 Å². The predicted molar refractivity (Wildman–Crippen MR) is 123 cm³/mol. The Balaban J connectivity index is 1.56. The molecule has 0 spiro atoms. The molecule has 5 rings (SSSR count). The van der Waals surface area contributed by atoms with Crippen LogP contribution in [0.3, 0.4) is 0 Å². The molecule has 1 aromatic heterocycles. The maximum absolute atomic E-state index is 14.8. The number of aryl methyl sites for hydroxylation is 1. The van der Waals surface area contributed by atoms with E-state index in [0.29, 0.717) is 46.3 Å². The maximum atomic E-state index is 14.8. The molecule has 1 atom stereocenters. The van der Waals surface area contributed by atoms with E-state index in [0.717, 1.165) is 17.7 Å². The van der Waals surface area contributed by atoms with E-state index in [4.69, 9.17) is 0 Å². The number of Topliss-reactive ketones (excluding diaryl/α,β-unsaturated/α-hetero) is 1. The monoisotopic (exact) mass is 447 g/mol. The maximum Gasteiger partial charge on any atom is 0.257 e. The lowest BCUT2D eigenvalue weighted by Crippen LogP contribution is -2.33. The van der Waals surface area contributed by atoms with Gasteiger partial charge in [-0.05, 0) is 31.4 Å². The van der Waals surface area contributed by atoms with E-state index in [1.807, 2.05) is 19.1 Å². The number of aromatic amines is 1. The molecule has 2 aliphatic rings. The van der Waals surface area contributed by atoms with Crippen LogP contribution in [-0.4, -0.2) is 15.8 Å². The molecule has 32 heavy (non-hydrogen) atoms. The number of aromatic nitrogens is 2. The lowest BCUT2D eigenvalue weighted by Gasteiger charge is -2.32. The molecule has 0 fully saturated rings. The first-order valence-electron chi connectivity index (χ1n) is 10.6. The van der Waals surface area contributed by atoms with Gasteiger partial charge in [-0.15, -0.1) is 0 Å². The van der Waals surface area contributed by atoms with Gasteiger partial charge in [0.2, 0.25) is 0 Å². The van der Waals surface area contributed by atoms with Gasteiger partial charge in [-0.1, -0.05) is 59.8 Å². The number of ketones is 1. The Morgan fingerprint density at radius 2 is 1.88 bits per heavy atom. The van der Waals surface area contributed by atoms with Gasteiger partial charge in [0, 0.05) is 29.0 Å². The molecule has 1 unspecified atom stereocenters. The van der Waals surface area contributed by atoms with Gasteiger partial charge in [0.15, 0.2) is 10.9 Å². The number of hydrogen-bond donors (Lipinski definition) is 2. The van der Waals surface area contributed by atoms with Gasteiger partial charge in [-0.25, -0.2) is 9.37 Å². The van der Waals surface area contributed by atoms with Crippen molar-refractivity contribution in [3.05, 3.63) is 98.2 Å². The Kier molecular flexibility index (Phi) is 5.43. The third kappa shape index (κ3) is 3.77. The van der Waals surface area contributed by atoms with Crippen LogP contribution < -0.4 is 10.9 Å². The lowest BCUT2D eigenvalue weighted by molar-refractivity contribution is -0.116. The van der Waals surface area contributed by atoms with Crippen LogP contribution in [0.5, 0.6) is 0 Å². The number of hydrogen-bond acceptors (Lipinski definition) is 5. The van der Waals surface area contributed by atoms with Gasteiger partial charge in [0.25, 0.3) is 5.56 Å². The van der Waals surface area contributed by atoms with Crippen LogP contribution in [0.1, 0.15) is 47.4 Å². The van der Waals surface area contributed by atoms with Crippen molar-refractivity contribution in [3.63, 3.8) is 0 Å². The van der Waals surface area contributed by atoms with Crippen LogP contribution in [0.25, 0.3) is 0 Å². The summed E-state index contributed by atoms with van der Waals surface area (Å²) in [4.78, 5) is 33.6. The Morgan fingerprint density at radius 3 is 2.66 bits per heavy atom. The molecule has 1 aliphatic carbocycles. The van der Waals surface area contributed by atoms with Gasteiger partial charge in [0.05, 0.1) is 11.5 Å². The van der Waals surface area contributed by atoms with Gasteiger partial charge in [0.1, 0.15) is 11.6 Å². The number of carbonyl (C=O) groups excluding carboxylic acids is 1. The minimum Gasteiger partial charge on any atom is -0.343 e. The largest absolute Gasteiger partial charge is 0.343 e. The number of thioether (sulfide) groups is 1. The summed E-state index contributed by atoms with van der Waals surface area (Å²) in [7, 11) is 0. The fraction of sp³-hybridized carbons (Fsp3) is 0.240. The molecule has 0 saturated carbocycles. The number of H-pyrrole nitrogens is 1. The summed E-state index contributed by atoms with van der Waals surface area (Å²) in [5, 5.41) is 3.71. The SMILES string of the molecule is Cc1ccc(CSc2nc3c(c(=O)[nH]2)C(c2ccccc2F)C2=C(CCCC2=O)N3)cc1. The van der Waals surface area contributed by atoms with Crippen molar-refractivity contribution in [1.82, 2.24) is 9.97 Å². The van der Waals surface area contributed by atoms with Crippen molar-refractivity contribution < 1.29 is 9.18 Å². The van der Waals surface area contributed by atoms with Crippen LogP contribution in [0.15, 0.2) is 69.8 Å². The second-order valence-corrected chi connectivity index (χ2v) is 9.12. The molecule has 2 N–H and O–H groups in total. The normalized spacial score (nSPS) is 17.6. The Bertz CT molecular complexity index is 1300. The summed E-state index contributed by atoms with van der Waals surface area (Å²) in [5.74, 6) is -0.183. The number of nitrogens with one attached hydrogen (secondary N) is 2. The molecular weight excluding hydrogens is 425 g/mol. The van der Waals surface area contributed by atoms with Crippen molar-refractivity contribution in [3.8, 4) is 0 Å². The zero-order valence-electron chi connectivity index (χ0n) is 17.6. The Hall–Kier alpha value is -3.19. The number of fused-ring (bicyclic) bond motifs is 1. The predicted octanol–water partition coefficient (Wildman–Crippen LogP) is 5.07. The van der Waals surface area contributed by atoms with E-state index in [1.54, 1.807) is 18.2 Å². The van der Waals surface area contributed by atoms with Crippen molar-refractivity contribution in [1.29, 1.82) is 0 Å². The molecule has 0 bridgehead atoms. The smallest absolute Gasteiger partial charge is 0.257 e. The Labute approximate surface area is 189 Å². The molecule has 1 aliphatic heterocycles. The third-order valence-electron chi connectivity index (χ3n) is 5.95. The lowest BCUT2D eigenvalue weighted by atomic mass is 9.76. The molecule has 2 heterocycles. The second-order valence-electron chi connectivity index (χ2n) is 8.16. The summed E-state index contributed by atoms with van der Waals surface area (Å²) < 4.78 is 14.8. The topological polar surface area (TPSA) is 74.8 Å². The Morgan fingerprint density at radius 1 is 1.09 bits per heavy atom. The zero-order chi connectivity index (χ0) is 22.2. The molecule has 3 aromatic rings. The number of anilines is 1. The first-order chi connectivity index (χ1) is 15.5. The first kappa shape index (κ1) is 20.7. The highest BCUT2D eigenvalue weighted by Gasteiger charge is 2.38. The summed E-state index contributed by atoms with van der Waals surface area (Å²) in [6, 6.07) is 14.5. The fourth-order valence-corrected chi connectivity index (χ4v) is 5.18. The van der Waals surface area contributed by atoms with E-state index in [2.05, 4.69) is 27.4 Å². The first-order valence-corrected chi connectivity index (χ1v) is 11.6. The average Bonchev–Trinajstić information content (AvgIpc) is 2.78. The van der Waals surface area contributed by atoms with Crippen LogP contribution in [0, 0.1) is 12.7 Å². The summed E-state index contributed by atoms with van der Waals surface area (Å²) in [5.41, 5.74) is 3.81. The number of halogens is 1. The van der Waals surface area contributed by atoms with E-state index in [9.17, 15) is 14.0 Å². The van der Waals surface area contributed by atoms with Crippen molar-refractivity contribution >= 4 is 23.4 Å². The molecule has 162 valence electrons. The van der Waals surface area contributed by atoms with E-state index < -0.39 is 11.7 Å². The van der Waals surface area contributed by atoms with Crippen LogP contribution >= 0.6 is 11.8 Å². The quantitative estimate of drug-likeness (QED) is 0.431. The highest BCUT2D eigenvalue weighted by molar-refractivity contribution is 7.98. The molecule has 0 saturated heterocycles. The van der Waals surface area contributed by atoms with Crippen molar-refractivity contribution in [2.24, 2.45) is 0 Å². The third-order valence-corrected chi connectivity index (χ3v) is 6.89. The number of carbonyl (C=O) groups is 1. The van der Waals surface area contributed by atoms with Gasteiger partial charge in [-0.3, -0.25) is 9.59 Å². The fourth-order valence-electron chi connectivity index (χ4n) is 4.37. The second kappa shape index (κ2) is 8.39. The molecule has 7 heteroatoms. The molecule has 0 radical (unpaired) electrons. The zero-order valence-corrected chi connectivity index (χ0v) is 18.4. The van der Waals surface area contributed by atoms with Gasteiger partial charge < -0.3 is 10.3 Å². The number of nitrogens with zero attached hydrogens (tertiary/aromatic N) is 1. The summed E-state index contributed by atoms with van der Waals surface area (Å²) in [6.07, 6.45) is 1.80. The average molecular weight is 448 g/mol. The number of rotatable bonds is 4. The van der Waals surface area contributed by atoms with Crippen molar-refractivity contribution in [2.45, 2.75) is 43.0 Å².